The molecule has 1 aliphatic rings. The third-order valence-electron chi connectivity index (χ3n) is 5.87. The fourth-order valence-corrected chi connectivity index (χ4v) is 4.39. The molecule has 6 heteroatoms. The molecule has 31 heavy (non-hydrogen) atoms. The molecule has 0 atom stereocenters. The minimum atomic E-state index is -0.00485. The highest BCUT2D eigenvalue weighted by molar-refractivity contribution is 5.98. The van der Waals surface area contributed by atoms with Crippen molar-refractivity contribution in [2.24, 2.45) is 0 Å². The number of aromatic amines is 1. The number of benzene rings is 2. The molecule has 1 N–H and O–H groups in total. The first-order valence-corrected chi connectivity index (χ1v) is 10.4. The Morgan fingerprint density at radius 2 is 1.81 bits per heavy atom. The Bertz CT molecular complexity index is 1390. The van der Waals surface area contributed by atoms with E-state index >= 15 is 0 Å². The molecule has 5 aromatic rings. The number of aromatic nitrogens is 4. The summed E-state index contributed by atoms with van der Waals surface area (Å²) >= 11 is 0. The van der Waals surface area contributed by atoms with E-state index < -0.39 is 0 Å². The molecular formula is C25H21N5O. The fourth-order valence-electron chi connectivity index (χ4n) is 4.39. The van der Waals surface area contributed by atoms with Gasteiger partial charge in [0.05, 0.1) is 24.5 Å². The molecule has 0 spiro atoms. The van der Waals surface area contributed by atoms with Gasteiger partial charge in [0.25, 0.3) is 5.91 Å². The van der Waals surface area contributed by atoms with Gasteiger partial charge in [-0.3, -0.25) is 4.79 Å². The zero-order valence-corrected chi connectivity index (χ0v) is 17.1. The Morgan fingerprint density at radius 3 is 2.61 bits per heavy atom. The molecular weight excluding hydrogens is 386 g/mol. The number of aryl methyl sites for hydroxylation is 1. The van der Waals surface area contributed by atoms with E-state index in [-0.39, 0.29) is 5.91 Å². The molecule has 0 bridgehead atoms. The molecule has 3 aromatic heterocycles. The minimum Gasteiger partial charge on any atom is -0.351 e. The molecule has 0 fully saturated rings. The summed E-state index contributed by atoms with van der Waals surface area (Å²) < 4.78 is 4.06. The number of carbonyl (C=O) groups is 1. The van der Waals surface area contributed by atoms with Gasteiger partial charge in [0.15, 0.2) is 0 Å². The lowest BCUT2D eigenvalue weighted by Crippen LogP contribution is -2.26. The number of rotatable bonds is 3. The van der Waals surface area contributed by atoms with E-state index in [1.165, 1.54) is 5.56 Å². The zero-order chi connectivity index (χ0) is 20.9. The predicted molar refractivity (Wildman–Crippen MR) is 120 cm³/mol. The highest BCUT2D eigenvalue weighted by Crippen LogP contribution is 2.31. The van der Waals surface area contributed by atoms with Crippen molar-refractivity contribution in [2.45, 2.75) is 20.0 Å². The number of hydrogen-bond donors (Lipinski definition) is 1. The van der Waals surface area contributed by atoms with Crippen LogP contribution in [0.4, 0.5) is 0 Å². The van der Waals surface area contributed by atoms with Crippen LogP contribution < -0.4 is 0 Å². The van der Waals surface area contributed by atoms with Crippen LogP contribution in [0.3, 0.4) is 0 Å². The van der Waals surface area contributed by atoms with Crippen LogP contribution in [0.5, 0.6) is 0 Å². The van der Waals surface area contributed by atoms with Crippen molar-refractivity contribution in [3.63, 3.8) is 0 Å². The fraction of sp³-hybridized carbons (Fsp3) is 0.120. The van der Waals surface area contributed by atoms with Crippen molar-refractivity contribution >= 4 is 16.8 Å². The maximum Gasteiger partial charge on any atom is 0.270 e. The van der Waals surface area contributed by atoms with E-state index in [4.69, 9.17) is 5.10 Å². The van der Waals surface area contributed by atoms with Gasteiger partial charge in [-0.1, -0.05) is 30.3 Å². The van der Waals surface area contributed by atoms with E-state index in [0.29, 0.717) is 18.8 Å². The average molecular weight is 407 g/mol. The largest absolute Gasteiger partial charge is 0.351 e. The Morgan fingerprint density at radius 1 is 0.968 bits per heavy atom. The van der Waals surface area contributed by atoms with Crippen molar-refractivity contribution in [3.05, 3.63) is 102 Å². The number of nitrogens with zero attached hydrogens (tertiary/aromatic N) is 4. The first-order valence-electron chi connectivity index (χ1n) is 10.4. The van der Waals surface area contributed by atoms with Crippen LogP contribution in [0.15, 0.2) is 79.1 Å². The monoisotopic (exact) mass is 407 g/mol. The molecule has 152 valence electrons. The Hall–Kier alpha value is -4.06. The second kappa shape index (κ2) is 6.74. The maximum absolute atomic E-state index is 13.2. The summed E-state index contributed by atoms with van der Waals surface area (Å²) in [6.07, 6.45) is 4.04. The molecule has 2 aromatic carbocycles. The minimum absolute atomic E-state index is 0.00485. The normalized spacial score (nSPS) is 13.1. The van der Waals surface area contributed by atoms with Crippen LogP contribution in [-0.4, -0.2) is 30.1 Å². The molecule has 6 nitrogen and oxygen atoms in total. The van der Waals surface area contributed by atoms with Crippen molar-refractivity contribution in [1.82, 2.24) is 24.2 Å². The van der Waals surface area contributed by atoms with Crippen LogP contribution >= 0.6 is 0 Å². The van der Waals surface area contributed by atoms with Crippen LogP contribution in [0.2, 0.25) is 0 Å². The number of para-hydroxylation sites is 1. The molecule has 4 heterocycles. The number of hydrogen-bond acceptors (Lipinski definition) is 2. The first-order chi connectivity index (χ1) is 15.2. The second-order valence-corrected chi connectivity index (χ2v) is 8.02. The van der Waals surface area contributed by atoms with Crippen LogP contribution in [0, 0.1) is 6.92 Å². The molecule has 6 rings (SSSR count). The van der Waals surface area contributed by atoms with Crippen LogP contribution in [0.1, 0.15) is 27.3 Å². The SMILES string of the molecule is Cc1cccc(-n2nc3c(c2-n2cccc2)CN(C(=O)c2cc4ccccc4[nH]2)C3)c1. The van der Waals surface area contributed by atoms with Gasteiger partial charge in [-0.05, 0) is 48.9 Å². The van der Waals surface area contributed by atoms with E-state index in [1.807, 2.05) is 70.5 Å². The Kier molecular flexibility index (Phi) is 3.86. The second-order valence-electron chi connectivity index (χ2n) is 8.02. The lowest BCUT2D eigenvalue weighted by molar-refractivity contribution is 0.0744. The molecule has 0 unspecified atom stereocenters. The standard InChI is InChI=1S/C25H21N5O/c1-17-7-6-9-19(13-17)30-24(28-11-4-5-12-28)20-15-29(16-23(20)27-30)25(31)22-14-18-8-2-3-10-21(18)26-22/h2-14,26H,15-16H2,1H3. The molecule has 0 aliphatic carbocycles. The van der Waals surface area contributed by atoms with E-state index in [0.717, 1.165) is 33.7 Å². The van der Waals surface area contributed by atoms with Crippen molar-refractivity contribution in [3.8, 4) is 11.5 Å². The summed E-state index contributed by atoms with van der Waals surface area (Å²) in [6.45, 7) is 3.11. The van der Waals surface area contributed by atoms with Crippen LogP contribution in [0.25, 0.3) is 22.4 Å². The third-order valence-corrected chi connectivity index (χ3v) is 5.87. The lowest BCUT2D eigenvalue weighted by Gasteiger charge is -2.17. The zero-order valence-electron chi connectivity index (χ0n) is 17.1. The van der Waals surface area contributed by atoms with Gasteiger partial charge in [-0.15, -0.1) is 0 Å². The topological polar surface area (TPSA) is 58.9 Å². The van der Waals surface area contributed by atoms with Gasteiger partial charge < -0.3 is 14.5 Å². The summed E-state index contributed by atoms with van der Waals surface area (Å²) in [5, 5.41) is 5.96. The smallest absolute Gasteiger partial charge is 0.270 e. The molecule has 0 saturated carbocycles. The first kappa shape index (κ1) is 17.8. The van der Waals surface area contributed by atoms with Gasteiger partial charge >= 0.3 is 0 Å². The summed E-state index contributed by atoms with van der Waals surface area (Å²) in [7, 11) is 0. The van der Waals surface area contributed by atoms with E-state index in [1.54, 1.807) is 0 Å². The molecule has 0 saturated heterocycles. The molecule has 1 aliphatic heterocycles. The van der Waals surface area contributed by atoms with Gasteiger partial charge in [-0.25, -0.2) is 4.68 Å². The highest BCUT2D eigenvalue weighted by atomic mass is 16.2. The third kappa shape index (κ3) is 2.87. The van der Waals surface area contributed by atoms with Gasteiger partial charge in [-0.2, -0.15) is 5.10 Å². The summed E-state index contributed by atoms with van der Waals surface area (Å²) in [5.74, 6) is 0.979. The van der Waals surface area contributed by atoms with Crippen LogP contribution in [-0.2, 0) is 13.1 Å². The number of H-pyrrole nitrogens is 1. The van der Waals surface area contributed by atoms with Gasteiger partial charge in [0.2, 0.25) is 0 Å². The number of nitrogens with one attached hydrogen (secondary N) is 1. The Labute approximate surface area is 179 Å². The summed E-state index contributed by atoms with van der Waals surface area (Å²) in [5.41, 5.74) is 5.81. The number of carbonyl (C=O) groups excluding carboxylic acids is 1. The van der Waals surface area contributed by atoms with Crippen molar-refractivity contribution < 1.29 is 4.79 Å². The highest BCUT2D eigenvalue weighted by Gasteiger charge is 2.32. The number of amides is 1. The lowest BCUT2D eigenvalue weighted by atomic mass is 10.2. The molecule has 0 radical (unpaired) electrons. The van der Waals surface area contributed by atoms with Gasteiger partial charge in [0, 0.05) is 28.9 Å². The average Bonchev–Trinajstić information content (AvgIpc) is 3.55. The maximum atomic E-state index is 13.2. The number of fused-ring (bicyclic) bond motifs is 2. The van der Waals surface area contributed by atoms with E-state index in [2.05, 4.69) is 34.7 Å². The van der Waals surface area contributed by atoms with Crippen molar-refractivity contribution in [2.75, 3.05) is 0 Å². The molecule has 1 amide bonds. The Balaban J connectivity index is 1.39. The predicted octanol–water partition coefficient (Wildman–Crippen LogP) is 4.61. The van der Waals surface area contributed by atoms with E-state index in [9.17, 15) is 4.79 Å². The van der Waals surface area contributed by atoms with Gasteiger partial charge in [0.1, 0.15) is 11.5 Å². The van der Waals surface area contributed by atoms with Crippen molar-refractivity contribution in [1.29, 1.82) is 0 Å². The summed E-state index contributed by atoms with van der Waals surface area (Å²) in [4.78, 5) is 18.3. The quantitative estimate of drug-likeness (QED) is 0.475. The summed E-state index contributed by atoms with van der Waals surface area (Å²) in [6, 6.07) is 22.2.